The third kappa shape index (κ3) is 2.72. The van der Waals surface area contributed by atoms with E-state index in [9.17, 15) is 4.79 Å². The third-order valence-electron chi connectivity index (χ3n) is 4.66. The van der Waals surface area contributed by atoms with Gasteiger partial charge in [-0.1, -0.05) is 0 Å². The highest BCUT2D eigenvalue weighted by Crippen LogP contribution is 2.33. The first-order chi connectivity index (χ1) is 10.1. The van der Waals surface area contributed by atoms with Crippen molar-refractivity contribution in [1.82, 2.24) is 15.1 Å². The smallest absolute Gasteiger partial charge is 0.269 e. The molecule has 2 unspecified atom stereocenters. The number of amides is 1. The minimum atomic E-state index is -0.532. The normalized spacial score (nSPS) is 26.1. The molecule has 2 aliphatic rings. The number of hydrogen-bond acceptors (Lipinski definition) is 5. The van der Waals surface area contributed by atoms with Crippen molar-refractivity contribution in [2.45, 2.75) is 51.2 Å². The summed E-state index contributed by atoms with van der Waals surface area (Å²) in [5, 5.41) is 8.10. The van der Waals surface area contributed by atoms with Crippen LogP contribution in [0.15, 0.2) is 12.1 Å². The van der Waals surface area contributed by atoms with Crippen LogP contribution in [-0.2, 0) is 0 Å². The lowest BCUT2D eigenvalue weighted by atomic mass is 10.1. The predicted octanol–water partition coefficient (Wildman–Crippen LogP) is 1.03. The Balaban J connectivity index is 1.77. The number of primary amides is 1. The van der Waals surface area contributed by atoms with Crippen LogP contribution in [0.5, 0.6) is 0 Å². The third-order valence-corrected chi connectivity index (χ3v) is 4.66. The Morgan fingerprint density at radius 1 is 1.24 bits per heavy atom. The molecule has 2 bridgehead atoms. The van der Waals surface area contributed by atoms with Gasteiger partial charge in [-0.2, -0.15) is 0 Å². The van der Waals surface area contributed by atoms with Gasteiger partial charge in [0, 0.05) is 31.2 Å². The van der Waals surface area contributed by atoms with Crippen LogP contribution in [0.25, 0.3) is 0 Å². The zero-order chi connectivity index (χ0) is 15.0. The number of rotatable bonds is 3. The van der Waals surface area contributed by atoms with Crippen molar-refractivity contribution < 1.29 is 4.79 Å². The van der Waals surface area contributed by atoms with Crippen LogP contribution in [0.4, 0.5) is 5.82 Å². The van der Waals surface area contributed by atoms with Crippen LogP contribution in [0.2, 0.25) is 0 Å². The Kier molecular flexibility index (Phi) is 3.80. The summed E-state index contributed by atoms with van der Waals surface area (Å²) >= 11 is 0. The number of aromatic nitrogens is 2. The van der Waals surface area contributed by atoms with E-state index in [1.807, 2.05) is 6.07 Å². The maximum Gasteiger partial charge on any atom is 0.269 e. The molecule has 2 aliphatic heterocycles. The van der Waals surface area contributed by atoms with E-state index < -0.39 is 5.91 Å². The summed E-state index contributed by atoms with van der Waals surface area (Å²) in [7, 11) is 0. The van der Waals surface area contributed by atoms with Gasteiger partial charge < -0.3 is 10.6 Å². The predicted molar refractivity (Wildman–Crippen MR) is 81.2 cm³/mol. The lowest BCUT2D eigenvalue weighted by Crippen LogP contribution is -2.43. The fourth-order valence-corrected chi connectivity index (χ4v) is 3.79. The highest BCUT2D eigenvalue weighted by Gasteiger charge is 2.38. The Hall–Kier alpha value is -1.69. The molecule has 6 nitrogen and oxygen atoms in total. The van der Waals surface area contributed by atoms with Gasteiger partial charge in [0.1, 0.15) is 0 Å². The molecule has 1 aromatic rings. The molecule has 1 amide bonds. The first kappa shape index (κ1) is 14.3. The lowest BCUT2D eigenvalue weighted by Gasteiger charge is -2.32. The highest BCUT2D eigenvalue weighted by molar-refractivity contribution is 5.90. The number of nitrogens with zero attached hydrogens (tertiary/aromatic N) is 4. The van der Waals surface area contributed by atoms with Crippen molar-refractivity contribution in [3.63, 3.8) is 0 Å². The number of hydrogen-bond donors (Lipinski definition) is 1. The molecule has 2 saturated heterocycles. The molecule has 0 radical (unpaired) electrons. The Morgan fingerprint density at radius 2 is 2.00 bits per heavy atom. The first-order valence-electron chi connectivity index (χ1n) is 7.72. The maximum absolute atomic E-state index is 11.1. The van der Waals surface area contributed by atoms with Gasteiger partial charge in [-0.3, -0.25) is 9.69 Å². The maximum atomic E-state index is 11.1. The van der Waals surface area contributed by atoms with E-state index in [1.165, 1.54) is 12.8 Å². The van der Waals surface area contributed by atoms with Crippen LogP contribution in [0.1, 0.15) is 43.6 Å². The van der Waals surface area contributed by atoms with Gasteiger partial charge in [0.2, 0.25) is 0 Å². The molecule has 2 fully saturated rings. The number of carbonyl (C=O) groups is 1. The molecule has 0 aromatic carbocycles. The van der Waals surface area contributed by atoms with Crippen molar-refractivity contribution in [1.29, 1.82) is 0 Å². The van der Waals surface area contributed by atoms with Crippen LogP contribution < -0.4 is 10.6 Å². The average Bonchev–Trinajstić information content (AvgIpc) is 2.74. The molecule has 3 rings (SSSR count). The zero-order valence-electron chi connectivity index (χ0n) is 12.7. The van der Waals surface area contributed by atoms with Gasteiger partial charge in [-0.25, -0.2) is 0 Å². The minimum Gasteiger partial charge on any atom is -0.364 e. The topological polar surface area (TPSA) is 75.3 Å². The van der Waals surface area contributed by atoms with E-state index in [2.05, 4.69) is 33.8 Å². The quantitative estimate of drug-likeness (QED) is 0.899. The Morgan fingerprint density at radius 3 is 2.62 bits per heavy atom. The van der Waals surface area contributed by atoms with Gasteiger partial charge in [-0.15, -0.1) is 10.2 Å². The van der Waals surface area contributed by atoms with E-state index in [0.29, 0.717) is 18.1 Å². The summed E-state index contributed by atoms with van der Waals surface area (Å²) in [5.74, 6) is 0.311. The van der Waals surface area contributed by atoms with Gasteiger partial charge >= 0.3 is 0 Å². The average molecular weight is 289 g/mol. The Labute approximate surface area is 125 Å². The first-order valence-corrected chi connectivity index (χ1v) is 7.72. The van der Waals surface area contributed by atoms with Gasteiger partial charge in [0.15, 0.2) is 11.5 Å². The molecular weight excluding hydrogens is 266 g/mol. The highest BCUT2D eigenvalue weighted by atomic mass is 16.1. The zero-order valence-corrected chi connectivity index (χ0v) is 12.7. The van der Waals surface area contributed by atoms with Gasteiger partial charge in [0.25, 0.3) is 5.91 Å². The summed E-state index contributed by atoms with van der Waals surface area (Å²) < 4.78 is 0. The molecule has 0 aliphatic carbocycles. The van der Waals surface area contributed by atoms with Crippen LogP contribution in [-0.4, -0.2) is 52.2 Å². The number of fused-ring (bicyclic) bond motifs is 2. The lowest BCUT2D eigenvalue weighted by molar-refractivity contribution is 0.0994. The van der Waals surface area contributed by atoms with E-state index >= 15 is 0 Å². The standard InChI is InChI=1S/C15H23N5O/c1-10(2)20-11-3-4-12(20)9-19(8-7-11)14-6-5-13(15(16)21)17-18-14/h5-6,10-12H,3-4,7-9H2,1-2H3,(H2,16,21). The number of anilines is 1. The molecule has 0 saturated carbocycles. The van der Waals surface area contributed by atoms with Crippen molar-refractivity contribution in [2.24, 2.45) is 5.73 Å². The SMILES string of the molecule is CC(C)N1C2CCC1CN(c1ccc(C(N)=O)nn1)CC2. The van der Waals surface area contributed by atoms with E-state index in [1.54, 1.807) is 6.07 Å². The van der Waals surface area contributed by atoms with Crippen molar-refractivity contribution in [2.75, 3.05) is 18.0 Å². The van der Waals surface area contributed by atoms with Crippen molar-refractivity contribution in [3.8, 4) is 0 Å². The molecule has 6 heteroatoms. The summed E-state index contributed by atoms with van der Waals surface area (Å²) in [6.07, 6.45) is 3.73. The van der Waals surface area contributed by atoms with E-state index in [-0.39, 0.29) is 5.69 Å². The molecule has 0 spiro atoms. The molecule has 114 valence electrons. The van der Waals surface area contributed by atoms with Crippen molar-refractivity contribution in [3.05, 3.63) is 17.8 Å². The molecule has 2 atom stereocenters. The van der Waals surface area contributed by atoms with E-state index in [0.717, 1.165) is 25.3 Å². The van der Waals surface area contributed by atoms with Gasteiger partial charge in [0.05, 0.1) is 0 Å². The largest absolute Gasteiger partial charge is 0.364 e. The molecule has 1 aromatic heterocycles. The summed E-state index contributed by atoms with van der Waals surface area (Å²) in [6.45, 7) is 6.54. The van der Waals surface area contributed by atoms with Crippen LogP contribution in [0, 0.1) is 0 Å². The summed E-state index contributed by atoms with van der Waals surface area (Å²) in [6, 6.07) is 5.39. The second-order valence-corrected chi connectivity index (χ2v) is 6.30. The fraction of sp³-hybridized carbons (Fsp3) is 0.667. The molecule has 3 heterocycles. The number of carbonyl (C=O) groups excluding carboxylic acids is 1. The summed E-state index contributed by atoms with van der Waals surface area (Å²) in [5.41, 5.74) is 5.43. The van der Waals surface area contributed by atoms with Crippen LogP contribution >= 0.6 is 0 Å². The molecular formula is C15H23N5O. The fourth-order valence-electron chi connectivity index (χ4n) is 3.79. The number of nitrogens with two attached hydrogens (primary N) is 1. The second kappa shape index (κ2) is 5.60. The molecule has 21 heavy (non-hydrogen) atoms. The molecule has 2 N–H and O–H groups in total. The van der Waals surface area contributed by atoms with Crippen LogP contribution in [0.3, 0.4) is 0 Å². The monoisotopic (exact) mass is 289 g/mol. The van der Waals surface area contributed by atoms with Gasteiger partial charge in [-0.05, 0) is 45.2 Å². The van der Waals surface area contributed by atoms with Crippen molar-refractivity contribution >= 4 is 11.7 Å². The minimum absolute atomic E-state index is 0.221. The second-order valence-electron chi connectivity index (χ2n) is 6.30. The summed E-state index contributed by atoms with van der Waals surface area (Å²) in [4.78, 5) is 16.0. The van der Waals surface area contributed by atoms with E-state index in [4.69, 9.17) is 5.73 Å². The Bertz CT molecular complexity index is 515.